The van der Waals surface area contributed by atoms with Gasteiger partial charge < -0.3 is 4.74 Å². The van der Waals surface area contributed by atoms with Gasteiger partial charge in [0.2, 0.25) is 0 Å². The van der Waals surface area contributed by atoms with Crippen molar-refractivity contribution in [3.05, 3.63) is 0 Å². The highest BCUT2D eigenvalue weighted by atomic mass is 16.5. The maximum absolute atomic E-state index is 5.49. The van der Waals surface area contributed by atoms with E-state index >= 15 is 0 Å². The minimum atomic E-state index is 0.464. The Morgan fingerprint density at radius 1 is 1.21 bits per heavy atom. The molecule has 1 heteroatoms. The zero-order valence-electron chi connectivity index (χ0n) is 10.4. The van der Waals surface area contributed by atoms with Gasteiger partial charge in [-0.3, -0.25) is 0 Å². The van der Waals surface area contributed by atoms with Crippen LogP contribution in [-0.2, 0) is 4.74 Å². The summed E-state index contributed by atoms with van der Waals surface area (Å²) in [6.45, 7) is 9.27. The first kappa shape index (κ1) is 12.0. The predicted octanol–water partition coefficient (Wildman–Crippen LogP) is 3.73. The molecule has 2 unspecified atom stereocenters. The molecule has 0 bridgehead atoms. The molecule has 84 valence electrons. The van der Waals surface area contributed by atoms with E-state index in [1.807, 2.05) is 7.11 Å². The predicted molar refractivity (Wildman–Crippen MR) is 61.3 cm³/mol. The van der Waals surface area contributed by atoms with Crippen molar-refractivity contribution in [3.63, 3.8) is 0 Å². The average Bonchev–Trinajstić information content (AvgIpc) is 2.83. The Bertz CT molecular complexity index is 165. The van der Waals surface area contributed by atoms with E-state index in [0.29, 0.717) is 12.0 Å². The molecule has 4 atom stereocenters. The van der Waals surface area contributed by atoms with E-state index in [1.54, 1.807) is 0 Å². The van der Waals surface area contributed by atoms with Gasteiger partial charge in [-0.1, -0.05) is 27.7 Å². The van der Waals surface area contributed by atoms with Gasteiger partial charge in [-0.25, -0.2) is 0 Å². The van der Waals surface area contributed by atoms with Crippen LogP contribution in [0, 0.1) is 23.7 Å². The van der Waals surface area contributed by atoms with Crippen LogP contribution in [0.25, 0.3) is 0 Å². The molecule has 0 N–H and O–H groups in total. The Morgan fingerprint density at radius 2 is 1.79 bits per heavy atom. The summed E-state index contributed by atoms with van der Waals surface area (Å²) in [6, 6.07) is 0. The van der Waals surface area contributed by atoms with E-state index in [9.17, 15) is 0 Å². The van der Waals surface area contributed by atoms with Crippen LogP contribution in [-0.4, -0.2) is 13.2 Å². The maximum Gasteiger partial charge on any atom is 0.0594 e. The van der Waals surface area contributed by atoms with Crippen LogP contribution in [0.15, 0.2) is 0 Å². The molecule has 1 saturated carbocycles. The van der Waals surface area contributed by atoms with E-state index in [2.05, 4.69) is 27.7 Å². The molecule has 1 aliphatic carbocycles. The second-order valence-electron chi connectivity index (χ2n) is 5.45. The highest BCUT2D eigenvalue weighted by Crippen LogP contribution is 2.45. The lowest BCUT2D eigenvalue weighted by Crippen LogP contribution is -2.19. The summed E-state index contributed by atoms with van der Waals surface area (Å²) in [5.41, 5.74) is 0. The third kappa shape index (κ3) is 3.27. The van der Waals surface area contributed by atoms with Gasteiger partial charge in [-0.15, -0.1) is 0 Å². The summed E-state index contributed by atoms with van der Waals surface area (Å²) in [5.74, 6) is 3.56. The van der Waals surface area contributed by atoms with Gasteiger partial charge in [0.15, 0.2) is 0 Å². The monoisotopic (exact) mass is 198 g/mol. The standard InChI is InChI=1S/C13H26O/c1-9(2)13(14-5)7-6-10(3)12-8-11(12)4/h9-13H,6-8H2,1-5H3/t10-,11?,12?,13-/m0/s1. The fourth-order valence-electron chi connectivity index (χ4n) is 2.51. The minimum Gasteiger partial charge on any atom is -0.381 e. The molecular formula is C13H26O. The molecule has 0 spiro atoms. The van der Waals surface area contributed by atoms with Crippen LogP contribution >= 0.6 is 0 Å². The maximum atomic E-state index is 5.49. The Morgan fingerprint density at radius 3 is 2.14 bits per heavy atom. The normalized spacial score (nSPS) is 30.4. The largest absolute Gasteiger partial charge is 0.381 e. The molecule has 0 amide bonds. The lowest BCUT2D eigenvalue weighted by atomic mass is 9.93. The number of methoxy groups -OCH3 is 1. The van der Waals surface area contributed by atoms with Crippen molar-refractivity contribution in [2.24, 2.45) is 23.7 Å². The van der Waals surface area contributed by atoms with Crippen LogP contribution in [0.2, 0.25) is 0 Å². The summed E-state index contributed by atoms with van der Waals surface area (Å²) in [6.07, 6.45) is 4.50. The van der Waals surface area contributed by atoms with E-state index in [0.717, 1.165) is 17.8 Å². The number of ether oxygens (including phenoxy) is 1. The van der Waals surface area contributed by atoms with Crippen molar-refractivity contribution >= 4 is 0 Å². The molecule has 0 aromatic carbocycles. The summed E-state index contributed by atoms with van der Waals surface area (Å²) in [4.78, 5) is 0. The second-order valence-corrected chi connectivity index (χ2v) is 5.45. The first-order valence-corrected chi connectivity index (χ1v) is 6.09. The first-order valence-electron chi connectivity index (χ1n) is 6.09. The Kier molecular flexibility index (Phi) is 4.43. The van der Waals surface area contributed by atoms with Crippen LogP contribution in [0.3, 0.4) is 0 Å². The zero-order chi connectivity index (χ0) is 10.7. The minimum absolute atomic E-state index is 0.464. The molecule has 14 heavy (non-hydrogen) atoms. The third-order valence-corrected chi connectivity index (χ3v) is 3.86. The molecule has 0 aromatic rings. The summed E-state index contributed by atoms with van der Waals surface area (Å²) < 4.78 is 5.49. The molecule has 1 fully saturated rings. The van der Waals surface area contributed by atoms with E-state index in [4.69, 9.17) is 4.74 Å². The topological polar surface area (TPSA) is 9.23 Å². The molecule has 0 radical (unpaired) electrons. The quantitative estimate of drug-likeness (QED) is 0.632. The average molecular weight is 198 g/mol. The van der Waals surface area contributed by atoms with E-state index in [-0.39, 0.29) is 0 Å². The first-order chi connectivity index (χ1) is 6.56. The van der Waals surface area contributed by atoms with Crippen molar-refractivity contribution in [1.29, 1.82) is 0 Å². The van der Waals surface area contributed by atoms with Crippen LogP contribution in [0.4, 0.5) is 0 Å². The SMILES string of the molecule is CO[C@@H](CC[C@H](C)C1CC1C)C(C)C. The van der Waals surface area contributed by atoms with E-state index in [1.165, 1.54) is 19.3 Å². The number of hydrogen-bond acceptors (Lipinski definition) is 1. The van der Waals surface area contributed by atoms with Gasteiger partial charge in [-0.2, -0.15) is 0 Å². The fraction of sp³-hybridized carbons (Fsp3) is 1.00. The van der Waals surface area contributed by atoms with Gasteiger partial charge >= 0.3 is 0 Å². The molecule has 0 aromatic heterocycles. The number of hydrogen-bond donors (Lipinski definition) is 0. The summed E-state index contributed by atoms with van der Waals surface area (Å²) in [7, 11) is 1.84. The van der Waals surface area contributed by atoms with Crippen molar-refractivity contribution in [2.75, 3.05) is 7.11 Å². The zero-order valence-corrected chi connectivity index (χ0v) is 10.4. The van der Waals surface area contributed by atoms with E-state index < -0.39 is 0 Å². The highest BCUT2D eigenvalue weighted by molar-refractivity contribution is 4.86. The fourth-order valence-corrected chi connectivity index (χ4v) is 2.51. The summed E-state index contributed by atoms with van der Waals surface area (Å²) >= 11 is 0. The Labute approximate surface area is 89.2 Å². The lowest BCUT2D eigenvalue weighted by molar-refractivity contribution is 0.0524. The van der Waals surface area contributed by atoms with Crippen LogP contribution in [0.1, 0.15) is 47.0 Å². The molecule has 0 aliphatic heterocycles. The Hall–Kier alpha value is -0.0400. The van der Waals surface area contributed by atoms with Gasteiger partial charge in [0, 0.05) is 7.11 Å². The molecular weight excluding hydrogens is 172 g/mol. The highest BCUT2D eigenvalue weighted by Gasteiger charge is 2.36. The van der Waals surface area contributed by atoms with Gasteiger partial charge in [-0.05, 0) is 42.9 Å². The van der Waals surface area contributed by atoms with Crippen molar-refractivity contribution < 1.29 is 4.74 Å². The molecule has 0 heterocycles. The van der Waals surface area contributed by atoms with Crippen molar-refractivity contribution in [1.82, 2.24) is 0 Å². The van der Waals surface area contributed by atoms with Gasteiger partial charge in [0.25, 0.3) is 0 Å². The van der Waals surface area contributed by atoms with Crippen LogP contribution < -0.4 is 0 Å². The third-order valence-electron chi connectivity index (χ3n) is 3.86. The molecule has 0 saturated heterocycles. The summed E-state index contributed by atoms with van der Waals surface area (Å²) in [5, 5.41) is 0. The second kappa shape index (κ2) is 5.16. The van der Waals surface area contributed by atoms with Gasteiger partial charge in [0.1, 0.15) is 0 Å². The smallest absolute Gasteiger partial charge is 0.0594 e. The van der Waals surface area contributed by atoms with Crippen LogP contribution in [0.5, 0.6) is 0 Å². The van der Waals surface area contributed by atoms with Crippen molar-refractivity contribution in [2.45, 2.75) is 53.1 Å². The number of rotatable bonds is 6. The van der Waals surface area contributed by atoms with Crippen molar-refractivity contribution in [3.8, 4) is 0 Å². The Balaban J connectivity index is 2.18. The molecule has 1 aliphatic rings. The van der Waals surface area contributed by atoms with Gasteiger partial charge in [0.05, 0.1) is 6.10 Å². The molecule has 1 nitrogen and oxygen atoms in total. The lowest BCUT2D eigenvalue weighted by Gasteiger charge is -2.21. The molecule has 1 rings (SSSR count).